The fourth-order valence-corrected chi connectivity index (χ4v) is 2.04. The standard InChI is InChI=1S/C11H18N4O2/c1-2-5-15(7-9-4-3-6-17-9)11(16)10-12-8-13-14-10/h8-9H,2-7H2,1H3,(H,12,13,14). The zero-order valence-corrected chi connectivity index (χ0v) is 10.1. The third kappa shape index (κ3) is 3.03. The molecule has 94 valence electrons. The van der Waals surface area contributed by atoms with Crippen LogP contribution in [0.25, 0.3) is 0 Å². The Morgan fingerprint density at radius 3 is 3.18 bits per heavy atom. The Balaban J connectivity index is 1.98. The van der Waals surface area contributed by atoms with E-state index in [0.717, 1.165) is 32.4 Å². The molecule has 0 aromatic carbocycles. The van der Waals surface area contributed by atoms with E-state index in [0.29, 0.717) is 12.4 Å². The second-order valence-electron chi connectivity index (χ2n) is 4.22. The van der Waals surface area contributed by atoms with Crippen molar-refractivity contribution in [1.29, 1.82) is 0 Å². The molecule has 1 fully saturated rings. The van der Waals surface area contributed by atoms with Gasteiger partial charge >= 0.3 is 0 Å². The van der Waals surface area contributed by atoms with Crippen LogP contribution < -0.4 is 0 Å². The molecule has 1 unspecified atom stereocenters. The minimum atomic E-state index is -0.0974. The van der Waals surface area contributed by atoms with Crippen LogP contribution in [0.2, 0.25) is 0 Å². The maximum absolute atomic E-state index is 12.1. The number of amides is 1. The number of H-pyrrole nitrogens is 1. The summed E-state index contributed by atoms with van der Waals surface area (Å²) in [6.07, 6.45) is 4.56. The second kappa shape index (κ2) is 5.77. The Bertz CT molecular complexity index is 346. The van der Waals surface area contributed by atoms with E-state index in [1.54, 1.807) is 4.90 Å². The van der Waals surface area contributed by atoms with E-state index < -0.39 is 0 Å². The van der Waals surface area contributed by atoms with Gasteiger partial charge in [-0.1, -0.05) is 6.92 Å². The van der Waals surface area contributed by atoms with E-state index in [2.05, 4.69) is 22.1 Å². The average Bonchev–Trinajstić information content (AvgIpc) is 3.00. The van der Waals surface area contributed by atoms with Crippen LogP contribution in [-0.4, -0.2) is 51.8 Å². The molecule has 17 heavy (non-hydrogen) atoms. The number of ether oxygens (including phenoxy) is 1. The molecule has 1 aliphatic heterocycles. The van der Waals surface area contributed by atoms with Gasteiger partial charge in [-0.25, -0.2) is 4.98 Å². The second-order valence-corrected chi connectivity index (χ2v) is 4.22. The third-order valence-corrected chi connectivity index (χ3v) is 2.85. The van der Waals surface area contributed by atoms with Gasteiger partial charge in [0.15, 0.2) is 0 Å². The number of nitrogens with zero attached hydrogens (tertiary/aromatic N) is 3. The molecule has 1 amide bonds. The van der Waals surface area contributed by atoms with Gasteiger partial charge < -0.3 is 9.64 Å². The van der Waals surface area contributed by atoms with Gasteiger partial charge in [0.2, 0.25) is 5.82 Å². The molecule has 0 radical (unpaired) electrons. The third-order valence-electron chi connectivity index (χ3n) is 2.85. The largest absolute Gasteiger partial charge is 0.376 e. The van der Waals surface area contributed by atoms with Crippen LogP contribution in [0.4, 0.5) is 0 Å². The summed E-state index contributed by atoms with van der Waals surface area (Å²) >= 11 is 0. The van der Waals surface area contributed by atoms with Crippen LogP contribution in [0.15, 0.2) is 6.33 Å². The smallest absolute Gasteiger partial charge is 0.291 e. The Hall–Kier alpha value is -1.43. The van der Waals surface area contributed by atoms with Crippen LogP contribution in [0, 0.1) is 0 Å². The van der Waals surface area contributed by atoms with E-state index >= 15 is 0 Å². The predicted molar refractivity (Wildman–Crippen MR) is 61.6 cm³/mol. The van der Waals surface area contributed by atoms with Gasteiger partial charge in [0, 0.05) is 19.7 Å². The van der Waals surface area contributed by atoms with Gasteiger partial charge in [-0.05, 0) is 19.3 Å². The molecule has 2 heterocycles. The fourth-order valence-electron chi connectivity index (χ4n) is 2.04. The molecule has 1 aromatic rings. The van der Waals surface area contributed by atoms with Crippen LogP contribution in [-0.2, 0) is 4.74 Å². The maximum Gasteiger partial charge on any atom is 0.291 e. The number of rotatable bonds is 5. The van der Waals surface area contributed by atoms with E-state index in [1.165, 1.54) is 6.33 Å². The number of nitrogens with one attached hydrogen (secondary N) is 1. The lowest BCUT2D eigenvalue weighted by Crippen LogP contribution is -2.38. The summed E-state index contributed by atoms with van der Waals surface area (Å²) in [5, 5.41) is 6.31. The van der Waals surface area contributed by atoms with Gasteiger partial charge in [0.25, 0.3) is 5.91 Å². The maximum atomic E-state index is 12.1. The summed E-state index contributed by atoms with van der Waals surface area (Å²) in [4.78, 5) is 17.8. The van der Waals surface area contributed by atoms with E-state index in [1.807, 2.05) is 0 Å². The highest BCUT2D eigenvalue weighted by Crippen LogP contribution is 2.14. The molecule has 1 atom stereocenters. The molecule has 1 N–H and O–H groups in total. The van der Waals surface area contributed by atoms with Crippen molar-refractivity contribution in [2.24, 2.45) is 0 Å². The highest BCUT2D eigenvalue weighted by atomic mass is 16.5. The summed E-state index contributed by atoms with van der Waals surface area (Å²) in [7, 11) is 0. The van der Waals surface area contributed by atoms with Gasteiger partial charge in [0.1, 0.15) is 6.33 Å². The van der Waals surface area contributed by atoms with Gasteiger partial charge in [-0.2, -0.15) is 5.10 Å². The van der Waals surface area contributed by atoms with Gasteiger partial charge in [0.05, 0.1) is 6.10 Å². The summed E-state index contributed by atoms with van der Waals surface area (Å²) in [6, 6.07) is 0. The Morgan fingerprint density at radius 1 is 1.71 bits per heavy atom. The molecule has 0 aliphatic carbocycles. The minimum absolute atomic E-state index is 0.0974. The molecule has 6 heteroatoms. The van der Waals surface area contributed by atoms with Crippen molar-refractivity contribution in [3.05, 3.63) is 12.2 Å². The highest BCUT2D eigenvalue weighted by Gasteiger charge is 2.24. The van der Waals surface area contributed by atoms with Crippen LogP contribution >= 0.6 is 0 Å². The quantitative estimate of drug-likeness (QED) is 0.825. The van der Waals surface area contributed by atoms with Crippen LogP contribution in [0.1, 0.15) is 36.8 Å². The first kappa shape index (κ1) is 12.0. The summed E-state index contributed by atoms with van der Waals surface area (Å²) in [5.41, 5.74) is 0. The molecule has 1 saturated heterocycles. The average molecular weight is 238 g/mol. The van der Waals surface area contributed by atoms with E-state index in [4.69, 9.17) is 4.74 Å². The topological polar surface area (TPSA) is 71.1 Å². The lowest BCUT2D eigenvalue weighted by Gasteiger charge is -2.23. The first-order chi connectivity index (χ1) is 8.31. The number of hydrogen-bond acceptors (Lipinski definition) is 4. The van der Waals surface area contributed by atoms with Crippen LogP contribution in [0.3, 0.4) is 0 Å². The molecular formula is C11H18N4O2. The number of carbonyl (C=O) groups is 1. The van der Waals surface area contributed by atoms with Crippen molar-refractivity contribution in [1.82, 2.24) is 20.1 Å². The SMILES string of the molecule is CCCN(CC1CCCO1)C(=O)c1ncn[nH]1. The zero-order chi connectivity index (χ0) is 12.1. The first-order valence-electron chi connectivity index (χ1n) is 6.07. The van der Waals surface area contributed by atoms with Crippen LogP contribution in [0.5, 0.6) is 0 Å². The molecule has 0 saturated carbocycles. The molecule has 2 rings (SSSR count). The Labute approximate surface area is 100 Å². The lowest BCUT2D eigenvalue weighted by atomic mass is 10.2. The number of carbonyl (C=O) groups excluding carboxylic acids is 1. The monoisotopic (exact) mass is 238 g/mol. The zero-order valence-electron chi connectivity index (χ0n) is 10.1. The van der Waals surface area contributed by atoms with Crippen molar-refractivity contribution in [2.45, 2.75) is 32.3 Å². The van der Waals surface area contributed by atoms with Crippen molar-refractivity contribution in [3.8, 4) is 0 Å². The van der Waals surface area contributed by atoms with Gasteiger partial charge in [-0.15, -0.1) is 0 Å². The summed E-state index contributed by atoms with van der Waals surface area (Å²) < 4.78 is 5.56. The van der Waals surface area contributed by atoms with E-state index in [9.17, 15) is 4.79 Å². The summed E-state index contributed by atoms with van der Waals surface area (Å²) in [6.45, 7) is 4.23. The van der Waals surface area contributed by atoms with E-state index in [-0.39, 0.29) is 12.0 Å². The summed E-state index contributed by atoms with van der Waals surface area (Å²) in [5.74, 6) is 0.205. The van der Waals surface area contributed by atoms with Gasteiger partial charge in [-0.3, -0.25) is 9.89 Å². The molecule has 0 bridgehead atoms. The number of aromatic amines is 1. The Morgan fingerprint density at radius 2 is 2.59 bits per heavy atom. The predicted octanol–water partition coefficient (Wildman–Crippen LogP) is 0.836. The number of aromatic nitrogens is 3. The number of hydrogen-bond donors (Lipinski definition) is 1. The molecular weight excluding hydrogens is 220 g/mol. The fraction of sp³-hybridized carbons (Fsp3) is 0.727. The molecule has 1 aromatic heterocycles. The minimum Gasteiger partial charge on any atom is -0.376 e. The first-order valence-corrected chi connectivity index (χ1v) is 6.07. The van der Waals surface area contributed by atoms with Crippen molar-refractivity contribution in [3.63, 3.8) is 0 Å². The Kier molecular flexibility index (Phi) is 4.08. The van der Waals surface area contributed by atoms with Crippen molar-refractivity contribution < 1.29 is 9.53 Å². The molecule has 1 aliphatic rings. The van der Waals surface area contributed by atoms with Crippen molar-refractivity contribution >= 4 is 5.91 Å². The molecule has 6 nitrogen and oxygen atoms in total. The molecule has 0 spiro atoms. The lowest BCUT2D eigenvalue weighted by molar-refractivity contribution is 0.0517. The van der Waals surface area contributed by atoms with Crippen molar-refractivity contribution in [2.75, 3.05) is 19.7 Å². The normalized spacial score (nSPS) is 19.5. The highest BCUT2D eigenvalue weighted by molar-refractivity contribution is 5.90.